The molecule has 0 fully saturated rings. The highest BCUT2D eigenvalue weighted by atomic mass is 16.5. The molecule has 0 aliphatic rings. The van der Waals surface area contributed by atoms with Crippen LogP contribution in [0.1, 0.15) is 13.8 Å². The molecule has 0 saturated heterocycles. The molecule has 0 atom stereocenters. The lowest BCUT2D eigenvalue weighted by Crippen LogP contribution is -2.15. The van der Waals surface area contributed by atoms with Crippen LogP contribution in [0.3, 0.4) is 0 Å². The summed E-state index contributed by atoms with van der Waals surface area (Å²) in [5, 5.41) is 0. The standard InChI is InChI=1S/C17H18O3/c1-12(2)17(18)20-16-10-5-4-9-15(16)13-7-6-8-14(11-13)19-3/h4-12H,1-3H3. The minimum Gasteiger partial charge on any atom is -0.497 e. The number of methoxy groups -OCH3 is 1. The predicted octanol–water partition coefficient (Wildman–Crippen LogP) is 3.92. The second-order valence-electron chi connectivity index (χ2n) is 4.80. The van der Waals surface area contributed by atoms with Crippen molar-refractivity contribution in [1.82, 2.24) is 0 Å². The highest BCUT2D eigenvalue weighted by molar-refractivity contribution is 5.79. The van der Waals surface area contributed by atoms with E-state index in [2.05, 4.69) is 0 Å². The van der Waals surface area contributed by atoms with Crippen molar-refractivity contribution in [3.8, 4) is 22.6 Å². The Morgan fingerprint density at radius 2 is 1.80 bits per heavy atom. The first-order valence-electron chi connectivity index (χ1n) is 6.57. The van der Waals surface area contributed by atoms with Gasteiger partial charge in [-0.05, 0) is 23.8 Å². The van der Waals surface area contributed by atoms with E-state index in [-0.39, 0.29) is 11.9 Å². The van der Waals surface area contributed by atoms with Crippen LogP contribution >= 0.6 is 0 Å². The average Bonchev–Trinajstić information content (AvgIpc) is 2.47. The van der Waals surface area contributed by atoms with E-state index in [0.29, 0.717) is 5.75 Å². The molecule has 0 aliphatic carbocycles. The third kappa shape index (κ3) is 3.18. The third-order valence-corrected chi connectivity index (χ3v) is 2.95. The minimum absolute atomic E-state index is 0.159. The molecule has 20 heavy (non-hydrogen) atoms. The van der Waals surface area contributed by atoms with E-state index in [1.54, 1.807) is 13.2 Å². The topological polar surface area (TPSA) is 35.5 Å². The molecule has 2 aromatic rings. The Hall–Kier alpha value is -2.29. The maximum atomic E-state index is 11.8. The summed E-state index contributed by atoms with van der Waals surface area (Å²) < 4.78 is 10.7. The lowest BCUT2D eigenvalue weighted by atomic mass is 10.0. The average molecular weight is 270 g/mol. The molecule has 0 aromatic heterocycles. The van der Waals surface area contributed by atoms with Gasteiger partial charge < -0.3 is 9.47 Å². The molecule has 0 aliphatic heterocycles. The number of ether oxygens (including phenoxy) is 2. The fraction of sp³-hybridized carbons (Fsp3) is 0.235. The van der Waals surface area contributed by atoms with E-state index in [9.17, 15) is 4.79 Å². The molecular formula is C17H18O3. The molecule has 0 saturated carbocycles. The Kier molecular flexibility index (Phi) is 4.41. The van der Waals surface area contributed by atoms with Crippen LogP contribution < -0.4 is 9.47 Å². The summed E-state index contributed by atoms with van der Waals surface area (Å²) in [5.74, 6) is 0.945. The van der Waals surface area contributed by atoms with Gasteiger partial charge in [-0.3, -0.25) is 4.79 Å². The van der Waals surface area contributed by atoms with E-state index in [0.717, 1.165) is 16.9 Å². The van der Waals surface area contributed by atoms with E-state index in [1.807, 2.05) is 56.3 Å². The van der Waals surface area contributed by atoms with E-state index in [1.165, 1.54) is 0 Å². The molecule has 0 amide bonds. The molecule has 0 unspecified atom stereocenters. The number of hydrogen-bond acceptors (Lipinski definition) is 3. The van der Waals surface area contributed by atoms with Gasteiger partial charge in [-0.15, -0.1) is 0 Å². The number of carbonyl (C=O) groups is 1. The fourth-order valence-corrected chi connectivity index (χ4v) is 1.81. The van der Waals surface area contributed by atoms with Crippen molar-refractivity contribution in [2.24, 2.45) is 5.92 Å². The van der Waals surface area contributed by atoms with Crippen LogP contribution in [-0.2, 0) is 4.79 Å². The zero-order valence-electron chi connectivity index (χ0n) is 11.9. The van der Waals surface area contributed by atoms with Crippen molar-refractivity contribution in [3.05, 3.63) is 48.5 Å². The van der Waals surface area contributed by atoms with Gasteiger partial charge in [-0.1, -0.05) is 44.2 Å². The molecule has 0 N–H and O–H groups in total. The summed E-state index contributed by atoms with van der Waals surface area (Å²) in [4.78, 5) is 11.8. The second-order valence-corrected chi connectivity index (χ2v) is 4.80. The maximum Gasteiger partial charge on any atom is 0.313 e. The summed E-state index contributed by atoms with van der Waals surface area (Å²) in [6.45, 7) is 3.63. The predicted molar refractivity (Wildman–Crippen MR) is 78.9 cm³/mol. The molecule has 0 heterocycles. The normalized spacial score (nSPS) is 10.4. The third-order valence-electron chi connectivity index (χ3n) is 2.95. The molecule has 2 rings (SSSR count). The number of esters is 1. The number of hydrogen-bond donors (Lipinski definition) is 0. The lowest BCUT2D eigenvalue weighted by Gasteiger charge is -2.12. The number of para-hydroxylation sites is 1. The minimum atomic E-state index is -0.236. The Labute approximate surface area is 119 Å². The summed E-state index contributed by atoms with van der Waals surface area (Å²) in [5.41, 5.74) is 1.83. The first kappa shape index (κ1) is 14.1. The van der Waals surface area contributed by atoms with Gasteiger partial charge in [0, 0.05) is 5.56 Å². The van der Waals surface area contributed by atoms with Gasteiger partial charge in [-0.2, -0.15) is 0 Å². The Bertz CT molecular complexity index is 603. The largest absolute Gasteiger partial charge is 0.497 e. The quantitative estimate of drug-likeness (QED) is 0.624. The maximum absolute atomic E-state index is 11.8. The smallest absolute Gasteiger partial charge is 0.313 e. The van der Waals surface area contributed by atoms with Gasteiger partial charge in [0.1, 0.15) is 11.5 Å². The van der Waals surface area contributed by atoms with Crippen molar-refractivity contribution < 1.29 is 14.3 Å². The molecule has 0 bridgehead atoms. The van der Waals surface area contributed by atoms with Crippen LogP contribution in [-0.4, -0.2) is 13.1 Å². The van der Waals surface area contributed by atoms with E-state index >= 15 is 0 Å². The highest BCUT2D eigenvalue weighted by Crippen LogP contribution is 2.32. The van der Waals surface area contributed by atoms with Crippen LogP contribution in [0.15, 0.2) is 48.5 Å². The van der Waals surface area contributed by atoms with E-state index < -0.39 is 0 Å². The zero-order chi connectivity index (χ0) is 14.5. The molecule has 3 nitrogen and oxygen atoms in total. The first-order valence-corrected chi connectivity index (χ1v) is 6.57. The Morgan fingerprint density at radius 3 is 2.50 bits per heavy atom. The zero-order valence-corrected chi connectivity index (χ0v) is 11.9. The van der Waals surface area contributed by atoms with Crippen molar-refractivity contribution in [2.45, 2.75) is 13.8 Å². The van der Waals surface area contributed by atoms with Gasteiger partial charge in [0.05, 0.1) is 13.0 Å². The van der Waals surface area contributed by atoms with Gasteiger partial charge >= 0.3 is 5.97 Å². The fourth-order valence-electron chi connectivity index (χ4n) is 1.81. The molecular weight excluding hydrogens is 252 g/mol. The number of benzene rings is 2. The summed E-state index contributed by atoms with van der Waals surface area (Å²) in [7, 11) is 1.63. The number of carbonyl (C=O) groups excluding carboxylic acids is 1. The SMILES string of the molecule is COc1cccc(-c2ccccc2OC(=O)C(C)C)c1. The molecule has 2 aromatic carbocycles. The molecule has 3 heteroatoms. The van der Waals surface area contributed by atoms with Gasteiger partial charge in [0.2, 0.25) is 0 Å². The summed E-state index contributed by atoms with van der Waals surface area (Å²) >= 11 is 0. The molecule has 104 valence electrons. The van der Waals surface area contributed by atoms with Crippen molar-refractivity contribution in [2.75, 3.05) is 7.11 Å². The van der Waals surface area contributed by atoms with Crippen molar-refractivity contribution in [3.63, 3.8) is 0 Å². The van der Waals surface area contributed by atoms with Gasteiger partial charge in [0.25, 0.3) is 0 Å². The summed E-state index contributed by atoms with van der Waals surface area (Å²) in [6.07, 6.45) is 0. The Balaban J connectivity index is 2.38. The molecule has 0 spiro atoms. The van der Waals surface area contributed by atoms with Gasteiger partial charge in [-0.25, -0.2) is 0 Å². The highest BCUT2D eigenvalue weighted by Gasteiger charge is 2.13. The van der Waals surface area contributed by atoms with Crippen molar-refractivity contribution in [1.29, 1.82) is 0 Å². The van der Waals surface area contributed by atoms with Crippen LogP contribution in [0.4, 0.5) is 0 Å². The second kappa shape index (κ2) is 6.24. The van der Waals surface area contributed by atoms with Crippen LogP contribution in [0.25, 0.3) is 11.1 Å². The van der Waals surface area contributed by atoms with E-state index in [4.69, 9.17) is 9.47 Å². The van der Waals surface area contributed by atoms with Gasteiger partial charge in [0.15, 0.2) is 0 Å². The summed E-state index contributed by atoms with van der Waals surface area (Å²) in [6, 6.07) is 15.2. The lowest BCUT2D eigenvalue weighted by molar-refractivity contribution is -0.137. The van der Waals surface area contributed by atoms with Crippen LogP contribution in [0.2, 0.25) is 0 Å². The first-order chi connectivity index (χ1) is 9.61. The molecule has 0 radical (unpaired) electrons. The van der Waals surface area contributed by atoms with Crippen LogP contribution in [0.5, 0.6) is 11.5 Å². The van der Waals surface area contributed by atoms with Crippen molar-refractivity contribution >= 4 is 5.97 Å². The monoisotopic (exact) mass is 270 g/mol. The van der Waals surface area contributed by atoms with Crippen LogP contribution in [0, 0.1) is 5.92 Å². The Morgan fingerprint density at radius 1 is 1.05 bits per heavy atom. The number of rotatable bonds is 4.